The summed E-state index contributed by atoms with van der Waals surface area (Å²) in [4.78, 5) is 22.3. The van der Waals surface area contributed by atoms with Crippen molar-refractivity contribution in [2.45, 2.75) is 13.5 Å². The van der Waals surface area contributed by atoms with Gasteiger partial charge >= 0.3 is 0 Å². The first-order valence-electron chi connectivity index (χ1n) is 6.29. The lowest BCUT2D eigenvalue weighted by Crippen LogP contribution is -2.24. The topological polar surface area (TPSA) is 92.5 Å². The van der Waals surface area contributed by atoms with Crippen LogP contribution in [0.4, 0.5) is 5.69 Å². The number of amides is 1. The molecule has 6 nitrogen and oxygen atoms in total. The Morgan fingerprint density at radius 2 is 2.00 bits per heavy atom. The maximum absolute atomic E-state index is 12.1. The van der Waals surface area contributed by atoms with Crippen LogP contribution >= 0.6 is 0 Å². The Kier molecular flexibility index (Phi) is 4.18. The molecule has 0 aliphatic heterocycles. The number of nitro groups is 1. The van der Waals surface area contributed by atoms with E-state index in [2.05, 4.69) is 5.32 Å². The van der Waals surface area contributed by atoms with Crippen LogP contribution in [0.15, 0.2) is 42.5 Å². The summed E-state index contributed by atoms with van der Waals surface area (Å²) in [7, 11) is 0. The van der Waals surface area contributed by atoms with Gasteiger partial charge in [0.25, 0.3) is 11.6 Å². The number of benzene rings is 2. The van der Waals surface area contributed by atoms with Crippen molar-refractivity contribution in [3.63, 3.8) is 0 Å². The van der Waals surface area contributed by atoms with Crippen molar-refractivity contribution in [3.05, 3.63) is 69.3 Å². The minimum atomic E-state index is -0.651. The number of hydrogen-bond donors (Lipinski definition) is 2. The molecule has 1 amide bonds. The predicted octanol–water partition coefficient (Wildman–Crippen LogP) is 2.54. The minimum Gasteiger partial charge on any atom is -0.508 e. The van der Waals surface area contributed by atoms with Gasteiger partial charge in [-0.05, 0) is 30.2 Å². The fraction of sp³-hybridized carbons (Fsp3) is 0.133. The number of rotatable bonds is 4. The van der Waals surface area contributed by atoms with Crippen LogP contribution in [-0.2, 0) is 6.54 Å². The van der Waals surface area contributed by atoms with E-state index in [-0.39, 0.29) is 23.5 Å². The highest BCUT2D eigenvalue weighted by Crippen LogP contribution is 2.23. The molecule has 0 aliphatic rings. The maximum Gasteiger partial charge on any atom is 0.282 e. The van der Waals surface area contributed by atoms with Crippen LogP contribution in [-0.4, -0.2) is 15.9 Å². The van der Waals surface area contributed by atoms with E-state index in [1.54, 1.807) is 0 Å². The van der Waals surface area contributed by atoms with E-state index in [9.17, 15) is 20.0 Å². The van der Waals surface area contributed by atoms with Gasteiger partial charge in [-0.25, -0.2) is 0 Å². The molecule has 0 fully saturated rings. The number of carbonyl (C=O) groups is 1. The summed E-state index contributed by atoms with van der Waals surface area (Å²) in [5.41, 5.74) is 1.44. The Bertz CT molecular complexity index is 698. The van der Waals surface area contributed by atoms with E-state index in [1.807, 2.05) is 31.2 Å². The van der Waals surface area contributed by atoms with Crippen molar-refractivity contribution in [2.75, 3.05) is 0 Å². The maximum atomic E-state index is 12.1. The lowest BCUT2D eigenvalue weighted by Gasteiger charge is -2.08. The fourth-order valence-electron chi connectivity index (χ4n) is 1.94. The number of aromatic hydroxyl groups is 1. The molecular formula is C15H14N2O4. The van der Waals surface area contributed by atoms with Crippen LogP contribution in [0.3, 0.4) is 0 Å². The van der Waals surface area contributed by atoms with Crippen molar-refractivity contribution in [1.29, 1.82) is 0 Å². The molecule has 2 N–H and O–H groups in total. The zero-order valence-electron chi connectivity index (χ0n) is 11.4. The molecule has 2 aromatic carbocycles. The number of carbonyl (C=O) groups excluding carboxylic acids is 1. The largest absolute Gasteiger partial charge is 0.508 e. The van der Waals surface area contributed by atoms with Crippen molar-refractivity contribution in [2.24, 2.45) is 0 Å². The van der Waals surface area contributed by atoms with Crippen molar-refractivity contribution in [1.82, 2.24) is 5.32 Å². The van der Waals surface area contributed by atoms with E-state index >= 15 is 0 Å². The van der Waals surface area contributed by atoms with E-state index in [0.29, 0.717) is 0 Å². The first kappa shape index (κ1) is 14.5. The highest BCUT2D eigenvalue weighted by molar-refractivity contribution is 5.98. The van der Waals surface area contributed by atoms with Crippen LogP contribution in [0, 0.1) is 17.0 Å². The van der Waals surface area contributed by atoms with Crippen LogP contribution in [0.2, 0.25) is 0 Å². The summed E-state index contributed by atoms with van der Waals surface area (Å²) in [6.07, 6.45) is 0. The van der Waals surface area contributed by atoms with Crippen LogP contribution in [0.5, 0.6) is 5.75 Å². The van der Waals surface area contributed by atoms with Crippen molar-refractivity contribution >= 4 is 11.6 Å². The van der Waals surface area contributed by atoms with Gasteiger partial charge in [-0.15, -0.1) is 0 Å². The van der Waals surface area contributed by atoms with Gasteiger partial charge in [-0.2, -0.15) is 0 Å². The van der Waals surface area contributed by atoms with E-state index in [1.165, 1.54) is 6.07 Å². The fourth-order valence-corrected chi connectivity index (χ4v) is 1.94. The molecule has 2 aromatic rings. The molecule has 0 bridgehead atoms. The summed E-state index contributed by atoms with van der Waals surface area (Å²) >= 11 is 0. The average molecular weight is 286 g/mol. The molecule has 108 valence electrons. The molecule has 6 heteroatoms. The van der Waals surface area contributed by atoms with Gasteiger partial charge in [-0.3, -0.25) is 14.9 Å². The van der Waals surface area contributed by atoms with Gasteiger partial charge in [0.05, 0.1) is 4.92 Å². The molecule has 0 spiro atoms. The molecule has 0 radical (unpaired) electrons. The highest BCUT2D eigenvalue weighted by Gasteiger charge is 2.20. The second-order valence-electron chi connectivity index (χ2n) is 4.57. The molecule has 0 heterocycles. The van der Waals surface area contributed by atoms with Gasteiger partial charge < -0.3 is 10.4 Å². The average Bonchev–Trinajstić information content (AvgIpc) is 2.45. The Morgan fingerprint density at radius 3 is 2.67 bits per heavy atom. The summed E-state index contributed by atoms with van der Waals surface area (Å²) in [5.74, 6) is -0.789. The summed E-state index contributed by atoms with van der Waals surface area (Å²) < 4.78 is 0. The second-order valence-corrected chi connectivity index (χ2v) is 4.57. The van der Waals surface area contributed by atoms with Gasteiger partial charge in [-0.1, -0.05) is 24.3 Å². The van der Waals surface area contributed by atoms with Gasteiger partial charge in [0, 0.05) is 12.6 Å². The first-order valence-corrected chi connectivity index (χ1v) is 6.29. The lowest BCUT2D eigenvalue weighted by atomic mass is 10.1. The molecule has 0 saturated heterocycles. The number of phenolic OH excluding ortho intramolecular Hbond substituents is 1. The number of nitrogens with one attached hydrogen (secondary N) is 1. The first-order chi connectivity index (χ1) is 9.99. The summed E-state index contributed by atoms with van der Waals surface area (Å²) in [5, 5.41) is 22.9. The highest BCUT2D eigenvalue weighted by atomic mass is 16.6. The Balaban J connectivity index is 2.19. The van der Waals surface area contributed by atoms with Crippen molar-refractivity contribution < 1.29 is 14.8 Å². The monoisotopic (exact) mass is 286 g/mol. The van der Waals surface area contributed by atoms with Crippen molar-refractivity contribution in [3.8, 4) is 5.75 Å². The normalized spacial score (nSPS) is 10.1. The molecule has 0 aliphatic carbocycles. The molecule has 2 rings (SSSR count). The van der Waals surface area contributed by atoms with Gasteiger partial charge in [0.15, 0.2) is 0 Å². The number of phenols is 1. The Morgan fingerprint density at radius 1 is 1.29 bits per heavy atom. The third-order valence-electron chi connectivity index (χ3n) is 3.12. The van der Waals surface area contributed by atoms with E-state index < -0.39 is 10.8 Å². The lowest BCUT2D eigenvalue weighted by molar-refractivity contribution is -0.385. The molecule has 0 unspecified atom stereocenters. The Labute approximate surface area is 121 Å². The summed E-state index contributed by atoms with van der Waals surface area (Å²) in [6, 6.07) is 10.9. The SMILES string of the molecule is Cc1ccccc1CNC(=O)c1cc(O)ccc1[N+](=O)[O-]. The number of aryl methyl sites for hydroxylation is 1. The molecule has 0 aromatic heterocycles. The van der Waals surface area contributed by atoms with E-state index in [4.69, 9.17) is 0 Å². The molecule has 21 heavy (non-hydrogen) atoms. The van der Waals surface area contributed by atoms with Gasteiger partial charge in [0.2, 0.25) is 0 Å². The van der Waals surface area contributed by atoms with Crippen LogP contribution in [0.25, 0.3) is 0 Å². The zero-order valence-corrected chi connectivity index (χ0v) is 11.4. The zero-order chi connectivity index (χ0) is 15.4. The molecule has 0 saturated carbocycles. The predicted molar refractivity (Wildman–Crippen MR) is 77.1 cm³/mol. The number of nitro benzene ring substituents is 1. The second kappa shape index (κ2) is 6.04. The minimum absolute atomic E-state index is 0.159. The van der Waals surface area contributed by atoms with Gasteiger partial charge in [0.1, 0.15) is 11.3 Å². The molecular weight excluding hydrogens is 272 g/mol. The number of hydrogen-bond acceptors (Lipinski definition) is 4. The van der Waals surface area contributed by atoms with Crippen LogP contribution in [0.1, 0.15) is 21.5 Å². The van der Waals surface area contributed by atoms with Crippen LogP contribution < -0.4 is 5.32 Å². The third-order valence-corrected chi connectivity index (χ3v) is 3.12. The van der Waals surface area contributed by atoms with E-state index in [0.717, 1.165) is 23.3 Å². The number of nitrogens with zero attached hydrogens (tertiary/aromatic N) is 1. The standard InChI is InChI=1S/C15H14N2O4/c1-10-4-2-3-5-11(10)9-16-15(19)13-8-12(18)6-7-14(13)17(20)21/h2-8,18H,9H2,1H3,(H,16,19). The third kappa shape index (κ3) is 3.36. The summed E-state index contributed by atoms with van der Waals surface area (Å²) in [6.45, 7) is 2.18. The molecule has 0 atom stereocenters. The Hall–Kier alpha value is -2.89. The smallest absolute Gasteiger partial charge is 0.282 e. The quantitative estimate of drug-likeness (QED) is 0.667.